The molecule has 0 aliphatic heterocycles. The number of nitrogens with one attached hydrogen (secondary N) is 1. The molecule has 1 aliphatic rings. The van der Waals surface area contributed by atoms with Gasteiger partial charge in [0.25, 0.3) is 5.91 Å². The Hall–Kier alpha value is -3.16. The van der Waals surface area contributed by atoms with Crippen LogP contribution in [0.15, 0.2) is 39.5 Å². The van der Waals surface area contributed by atoms with Crippen molar-refractivity contribution in [3.8, 4) is 5.75 Å². The molecule has 8 nitrogen and oxygen atoms in total. The third-order valence-electron chi connectivity index (χ3n) is 4.55. The van der Waals surface area contributed by atoms with Gasteiger partial charge < -0.3 is 13.9 Å². The van der Waals surface area contributed by atoms with E-state index in [9.17, 15) is 19.2 Å². The van der Waals surface area contributed by atoms with Crippen LogP contribution in [0.5, 0.6) is 5.75 Å². The molecule has 1 fully saturated rings. The summed E-state index contributed by atoms with van der Waals surface area (Å²) in [7, 11) is 0. The highest BCUT2D eigenvalue weighted by Crippen LogP contribution is 2.23. The first-order valence-corrected chi connectivity index (χ1v) is 9.17. The molecule has 0 bridgehead atoms. The molecule has 0 unspecified atom stereocenters. The number of amides is 2. The summed E-state index contributed by atoms with van der Waals surface area (Å²) in [6, 6.07) is 7.71. The van der Waals surface area contributed by atoms with Crippen LogP contribution in [-0.4, -0.2) is 31.0 Å². The second-order valence-corrected chi connectivity index (χ2v) is 6.65. The van der Waals surface area contributed by atoms with Crippen LogP contribution in [0.25, 0.3) is 11.0 Å². The fraction of sp³-hybridized carbons (Fsp3) is 0.400. The maximum absolute atomic E-state index is 12.0. The third kappa shape index (κ3) is 5.42. The first kappa shape index (κ1) is 19.6. The minimum atomic E-state index is -0.755. The van der Waals surface area contributed by atoms with Gasteiger partial charge in [-0.3, -0.25) is 14.9 Å². The van der Waals surface area contributed by atoms with Crippen molar-refractivity contribution in [2.24, 2.45) is 5.92 Å². The quantitative estimate of drug-likeness (QED) is 0.595. The van der Waals surface area contributed by atoms with E-state index in [0.717, 1.165) is 32.1 Å². The number of benzene rings is 1. The summed E-state index contributed by atoms with van der Waals surface area (Å²) in [5.74, 6) is -1.55. The third-order valence-corrected chi connectivity index (χ3v) is 4.55. The highest BCUT2D eigenvalue weighted by molar-refractivity contribution is 5.97. The zero-order chi connectivity index (χ0) is 19.9. The minimum Gasteiger partial charge on any atom is -0.482 e. The molecule has 0 spiro atoms. The monoisotopic (exact) mass is 387 g/mol. The lowest BCUT2D eigenvalue weighted by Crippen LogP contribution is -2.39. The van der Waals surface area contributed by atoms with E-state index in [2.05, 4.69) is 5.32 Å². The van der Waals surface area contributed by atoms with Crippen LogP contribution in [0, 0.1) is 5.92 Å². The van der Waals surface area contributed by atoms with Crippen LogP contribution in [0.3, 0.4) is 0 Å². The van der Waals surface area contributed by atoms with Crippen molar-refractivity contribution < 1.29 is 28.3 Å². The molecular weight excluding hydrogens is 366 g/mol. The van der Waals surface area contributed by atoms with E-state index < -0.39 is 30.7 Å². The molecule has 0 radical (unpaired) electrons. The Bertz CT molecular complexity index is 928. The highest BCUT2D eigenvalue weighted by atomic mass is 16.6. The number of fused-ring (bicyclic) bond motifs is 1. The summed E-state index contributed by atoms with van der Waals surface area (Å²) in [6.45, 7) is -0.973. The molecule has 1 aromatic heterocycles. The molecule has 1 aromatic carbocycles. The molecule has 148 valence electrons. The largest absolute Gasteiger partial charge is 0.482 e. The van der Waals surface area contributed by atoms with Gasteiger partial charge in [-0.15, -0.1) is 0 Å². The zero-order valence-corrected chi connectivity index (χ0v) is 15.3. The van der Waals surface area contributed by atoms with Gasteiger partial charge in [-0.1, -0.05) is 19.3 Å². The lowest BCUT2D eigenvalue weighted by molar-refractivity contribution is -0.151. The van der Waals surface area contributed by atoms with Gasteiger partial charge in [0.15, 0.2) is 13.2 Å². The van der Waals surface area contributed by atoms with Crippen molar-refractivity contribution >= 4 is 28.8 Å². The molecule has 28 heavy (non-hydrogen) atoms. The Morgan fingerprint density at radius 3 is 2.57 bits per heavy atom. The van der Waals surface area contributed by atoms with Gasteiger partial charge >= 0.3 is 11.6 Å². The number of carbonyl (C=O) groups is 3. The molecule has 2 amide bonds. The Kier molecular flexibility index (Phi) is 6.41. The summed E-state index contributed by atoms with van der Waals surface area (Å²) in [6.07, 6.45) is 4.63. The van der Waals surface area contributed by atoms with Gasteiger partial charge in [0.1, 0.15) is 11.3 Å². The molecule has 0 atom stereocenters. The second-order valence-electron chi connectivity index (χ2n) is 6.65. The van der Waals surface area contributed by atoms with Crippen LogP contribution in [0.2, 0.25) is 0 Å². The fourth-order valence-corrected chi connectivity index (χ4v) is 3.10. The summed E-state index contributed by atoms with van der Waals surface area (Å²) >= 11 is 0. The van der Waals surface area contributed by atoms with Crippen LogP contribution in [-0.2, 0) is 19.1 Å². The standard InChI is InChI=1S/C20H21NO7/c22-17(21-20(25)14-4-2-1-3-5-14)11-27-19(24)12-26-15-8-6-13-7-9-18(23)28-16(13)10-15/h6-10,14H,1-5,11-12H2,(H,21,22,25). The molecule has 1 aliphatic carbocycles. The number of hydrogen-bond donors (Lipinski definition) is 1. The molecule has 1 heterocycles. The predicted molar refractivity (Wildman–Crippen MR) is 98.7 cm³/mol. The average molecular weight is 387 g/mol. The second kappa shape index (κ2) is 9.16. The van der Waals surface area contributed by atoms with Crippen molar-refractivity contribution in [1.29, 1.82) is 0 Å². The number of esters is 1. The van der Waals surface area contributed by atoms with Crippen molar-refractivity contribution in [3.63, 3.8) is 0 Å². The Morgan fingerprint density at radius 2 is 1.79 bits per heavy atom. The van der Waals surface area contributed by atoms with Crippen LogP contribution >= 0.6 is 0 Å². The van der Waals surface area contributed by atoms with Gasteiger partial charge in [0, 0.05) is 23.4 Å². The number of hydrogen-bond acceptors (Lipinski definition) is 7. The summed E-state index contributed by atoms with van der Waals surface area (Å²) in [5.41, 5.74) is -0.156. The van der Waals surface area contributed by atoms with E-state index in [-0.39, 0.29) is 11.8 Å². The highest BCUT2D eigenvalue weighted by Gasteiger charge is 2.23. The number of ether oxygens (including phenoxy) is 2. The van der Waals surface area contributed by atoms with Crippen molar-refractivity contribution in [2.45, 2.75) is 32.1 Å². The number of rotatable bonds is 6. The SMILES string of the molecule is O=C(COC(=O)COc1ccc2ccc(=O)oc2c1)NC(=O)C1CCCCC1. The maximum atomic E-state index is 12.0. The van der Waals surface area contributed by atoms with E-state index in [1.54, 1.807) is 18.2 Å². The van der Waals surface area contributed by atoms with Gasteiger partial charge in [-0.05, 0) is 31.0 Å². The lowest BCUT2D eigenvalue weighted by atomic mass is 9.89. The summed E-state index contributed by atoms with van der Waals surface area (Å²) in [5, 5.41) is 2.98. The normalized spacial score (nSPS) is 14.4. The van der Waals surface area contributed by atoms with Gasteiger partial charge in [-0.25, -0.2) is 9.59 Å². The number of imide groups is 1. The van der Waals surface area contributed by atoms with Crippen LogP contribution in [0.1, 0.15) is 32.1 Å². The first-order chi connectivity index (χ1) is 13.5. The van der Waals surface area contributed by atoms with Gasteiger partial charge in [0.2, 0.25) is 5.91 Å². The fourth-order valence-electron chi connectivity index (χ4n) is 3.10. The molecule has 0 saturated heterocycles. The molecular formula is C20H21NO7. The van der Waals surface area contributed by atoms with E-state index in [1.807, 2.05) is 0 Å². The molecule has 1 saturated carbocycles. The van der Waals surface area contributed by atoms with Crippen molar-refractivity contribution in [3.05, 3.63) is 40.8 Å². The molecule has 8 heteroatoms. The Morgan fingerprint density at radius 1 is 1.04 bits per heavy atom. The smallest absolute Gasteiger partial charge is 0.344 e. The minimum absolute atomic E-state index is 0.148. The summed E-state index contributed by atoms with van der Waals surface area (Å²) < 4.78 is 15.1. The average Bonchev–Trinajstić information content (AvgIpc) is 2.71. The zero-order valence-electron chi connectivity index (χ0n) is 15.3. The van der Waals surface area contributed by atoms with E-state index in [4.69, 9.17) is 13.9 Å². The van der Waals surface area contributed by atoms with E-state index in [1.165, 1.54) is 12.1 Å². The lowest BCUT2D eigenvalue weighted by Gasteiger charge is -2.20. The summed E-state index contributed by atoms with van der Waals surface area (Å²) in [4.78, 5) is 46.7. The van der Waals surface area contributed by atoms with E-state index in [0.29, 0.717) is 16.7 Å². The molecule has 1 N–H and O–H groups in total. The van der Waals surface area contributed by atoms with Crippen molar-refractivity contribution in [2.75, 3.05) is 13.2 Å². The van der Waals surface area contributed by atoms with Crippen LogP contribution in [0.4, 0.5) is 0 Å². The van der Waals surface area contributed by atoms with Gasteiger partial charge in [-0.2, -0.15) is 0 Å². The van der Waals surface area contributed by atoms with Crippen molar-refractivity contribution in [1.82, 2.24) is 5.32 Å². The molecule has 3 rings (SSSR count). The predicted octanol–water partition coefficient (Wildman–Crippen LogP) is 1.94. The van der Waals surface area contributed by atoms with Crippen LogP contribution < -0.4 is 15.7 Å². The number of carbonyl (C=O) groups excluding carboxylic acids is 3. The first-order valence-electron chi connectivity index (χ1n) is 9.17. The Labute approximate surface area is 160 Å². The topological polar surface area (TPSA) is 112 Å². The maximum Gasteiger partial charge on any atom is 0.344 e. The Balaban J connectivity index is 1.42. The molecule has 2 aromatic rings. The van der Waals surface area contributed by atoms with Gasteiger partial charge in [0.05, 0.1) is 0 Å². The van der Waals surface area contributed by atoms with E-state index >= 15 is 0 Å².